The van der Waals surface area contributed by atoms with Crippen molar-refractivity contribution < 1.29 is 14.3 Å². The number of phenols is 1. The number of benzene rings is 2. The van der Waals surface area contributed by atoms with E-state index in [2.05, 4.69) is 15.5 Å². The number of hydrogen-bond donors (Lipinski definition) is 3. The molecule has 0 bridgehead atoms. The maximum Gasteiger partial charge on any atom is 0.273 e. The van der Waals surface area contributed by atoms with E-state index >= 15 is 0 Å². The second-order valence-corrected chi connectivity index (χ2v) is 5.20. The van der Waals surface area contributed by atoms with Crippen molar-refractivity contribution in [1.29, 1.82) is 0 Å². The van der Waals surface area contributed by atoms with Gasteiger partial charge in [0.2, 0.25) is 0 Å². The number of rotatable bonds is 3. The van der Waals surface area contributed by atoms with Gasteiger partial charge in [0.05, 0.1) is 11.4 Å². The summed E-state index contributed by atoms with van der Waals surface area (Å²) in [5.74, 6) is -1.09. The Morgan fingerprint density at radius 1 is 1.22 bits per heavy atom. The largest absolute Gasteiger partial charge is 0.507 e. The van der Waals surface area contributed by atoms with Gasteiger partial charge >= 0.3 is 0 Å². The maximum atomic E-state index is 13.5. The summed E-state index contributed by atoms with van der Waals surface area (Å²) >= 11 is 5.89. The Morgan fingerprint density at radius 2 is 2.00 bits per heavy atom. The number of carbonyl (C=O) groups is 1. The molecule has 0 aliphatic carbocycles. The van der Waals surface area contributed by atoms with E-state index in [1.165, 1.54) is 36.4 Å². The van der Waals surface area contributed by atoms with Crippen LogP contribution in [-0.4, -0.2) is 21.2 Å². The summed E-state index contributed by atoms with van der Waals surface area (Å²) in [6, 6.07) is 11.8. The molecule has 0 radical (unpaired) electrons. The molecule has 3 rings (SSSR count). The van der Waals surface area contributed by atoms with E-state index in [1.54, 1.807) is 12.1 Å². The first kappa shape index (κ1) is 15.1. The van der Waals surface area contributed by atoms with Crippen LogP contribution in [0.25, 0.3) is 11.3 Å². The molecule has 0 unspecified atom stereocenters. The van der Waals surface area contributed by atoms with Crippen molar-refractivity contribution in [3.8, 4) is 17.0 Å². The average molecular weight is 332 g/mol. The number of halogens is 2. The minimum absolute atomic E-state index is 0.0121. The van der Waals surface area contributed by atoms with Gasteiger partial charge < -0.3 is 10.4 Å². The summed E-state index contributed by atoms with van der Waals surface area (Å²) in [5.41, 5.74) is 0.934. The van der Waals surface area contributed by atoms with E-state index in [4.69, 9.17) is 11.6 Å². The van der Waals surface area contributed by atoms with Gasteiger partial charge in [-0.3, -0.25) is 9.89 Å². The summed E-state index contributed by atoms with van der Waals surface area (Å²) in [4.78, 5) is 12.1. The van der Waals surface area contributed by atoms with E-state index in [1.807, 2.05) is 0 Å². The molecule has 2 aromatic carbocycles. The van der Waals surface area contributed by atoms with Crippen LogP contribution in [0.4, 0.5) is 10.1 Å². The molecule has 3 aromatic rings. The minimum Gasteiger partial charge on any atom is -0.507 e. The van der Waals surface area contributed by atoms with Gasteiger partial charge in [-0.1, -0.05) is 23.7 Å². The van der Waals surface area contributed by atoms with Gasteiger partial charge in [0, 0.05) is 10.6 Å². The number of anilines is 1. The lowest BCUT2D eigenvalue weighted by atomic mass is 10.1. The zero-order chi connectivity index (χ0) is 16.4. The highest BCUT2D eigenvalue weighted by Crippen LogP contribution is 2.30. The van der Waals surface area contributed by atoms with Crippen molar-refractivity contribution in [3.63, 3.8) is 0 Å². The van der Waals surface area contributed by atoms with E-state index < -0.39 is 11.7 Å². The zero-order valence-corrected chi connectivity index (χ0v) is 12.4. The minimum atomic E-state index is -0.546. The molecule has 0 saturated heterocycles. The lowest BCUT2D eigenvalue weighted by molar-refractivity contribution is 0.102. The number of phenolic OH excluding ortho intramolecular Hbond substituents is 1. The Labute approximate surface area is 135 Å². The Kier molecular flexibility index (Phi) is 3.99. The van der Waals surface area contributed by atoms with Crippen LogP contribution in [0.2, 0.25) is 5.02 Å². The third-order valence-electron chi connectivity index (χ3n) is 3.18. The Bertz CT molecular complexity index is 879. The van der Waals surface area contributed by atoms with E-state index in [0.29, 0.717) is 16.3 Å². The van der Waals surface area contributed by atoms with Gasteiger partial charge in [-0.25, -0.2) is 4.39 Å². The van der Waals surface area contributed by atoms with Crippen molar-refractivity contribution in [2.24, 2.45) is 0 Å². The number of nitrogens with zero attached hydrogens (tertiary/aromatic N) is 1. The number of carbonyl (C=O) groups excluding carboxylic acids is 1. The summed E-state index contributed by atoms with van der Waals surface area (Å²) in [5, 5.41) is 19.2. The fourth-order valence-electron chi connectivity index (χ4n) is 2.04. The second-order valence-electron chi connectivity index (χ2n) is 4.76. The van der Waals surface area contributed by atoms with E-state index in [9.17, 15) is 14.3 Å². The number of H-pyrrole nitrogens is 1. The van der Waals surface area contributed by atoms with E-state index in [-0.39, 0.29) is 17.1 Å². The summed E-state index contributed by atoms with van der Waals surface area (Å²) in [6.45, 7) is 0. The number of aromatic nitrogens is 2. The topological polar surface area (TPSA) is 78.0 Å². The number of para-hydroxylation sites is 1. The summed E-state index contributed by atoms with van der Waals surface area (Å²) in [7, 11) is 0. The van der Waals surface area contributed by atoms with Gasteiger partial charge in [-0.15, -0.1) is 0 Å². The first-order chi connectivity index (χ1) is 11.0. The van der Waals surface area contributed by atoms with Gasteiger partial charge in [0.25, 0.3) is 5.91 Å². The molecular formula is C16H11ClFN3O2. The fourth-order valence-corrected chi connectivity index (χ4v) is 2.21. The molecule has 3 N–H and O–H groups in total. The maximum absolute atomic E-state index is 13.5. The standard InChI is InChI=1S/C16H11ClFN3O2/c17-9-5-6-15(22)10(7-9)13-8-14(21-20-13)16(23)19-12-4-2-1-3-11(12)18/h1-8,22H,(H,19,23)(H,20,21). The number of aromatic hydroxyl groups is 1. The number of nitrogens with one attached hydrogen (secondary N) is 2. The normalized spacial score (nSPS) is 10.5. The van der Waals surface area contributed by atoms with Gasteiger partial charge in [0.1, 0.15) is 17.3 Å². The van der Waals surface area contributed by atoms with Crippen LogP contribution in [0.5, 0.6) is 5.75 Å². The van der Waals surface area contributed by atoms with Crippen LogP contribution in [0, 0.1) is 5.82 Å². The molecule has 0 aliphatic heterocycles. The molecule has 0 saturated carbocycles. The van der Waals surface area contributed by atoms with Crippen molar-refractivity contribution in [3.05, 3.63) is 65.1 Å². The molecule has 5 nitrogen and oxygen atoms in total. The zero-order valence-electron chi connectivity index (χ0n) is 11.7. The quantitative estimate of drug-likeness (QED) is 0.682. The van der Waals surface area contributed by atoms with Crippen molar-refractivity contribution >= 4 is 23.2 Å². The second kappa shape index (κ2) is 6.10. The van der Waals surface area contributed by atoms with E-state index in [0.717, 1.165) is 0 Å². The first-order valence-electron chi connectivity index (χ1n) is 6.65. The molecule has 0 fully saturated rings. The van der Waals surface area contributed by atoms with Gasteiger partial charge in [-0.05, 0) is 36.4 Å². The fraction of sp³-hybridized carbons (Fsp3) is 0. The molecular weight excluding hydrogens is 321 g/mol. The Balaban J connectivity index is 1.86. The summed E-state index contributed by atoms with van der Waals surface area (Å²) < 4.78 is 13.5. The lowest BCUT2D eigenvalue weighted by Crippen LogP contribution is -2.13. The predicted molar refractivity (Wildman–Crippen MR) is 85.1 cm³/mol. The van der Waals surface area contributed by atoms with Crippen molar-refractivity contribution in [2.45, 2.75) is 0 Å². The number of aromatic amines is 1. The number of amides is 1. The molecule has 1 amide bonds. The number of hydrogen-bond acceptors (Lipinski definition) is 3. The highest BCUT2D eigenvalue weighted by Gasteiger charge is 2.15. The van der Waals surface area contributed by atoms with Gasteiger partial charge in [-0.2, -0.15) is 5.10 Å². The predicted octanol–water partition coefficient (Wildman–Crippen LogP) is 3.83. The Hall–Kier alpha value is -2.86. The molecule has 0 atom stereocenters. The smallest absolute Gasteiger partial charge is 0.273 e. The monoisotopic (exact) mass is 331 g/mol. The molecule has 0 aliphatic rings. The third kappa shape index (κ3) is 3.17. The molecule has 116 valence electrons. The molecule has 7 heteroatoms. The summed E-state index contributed by atoms with van der Waals surface area (Å²) in [6.07, 6.45) is 0. The molecule has 1 heterocycles. The van der Waals surface area contributed by atoms with Gasteiger partial charge in [0.15, 0.2) is 0 Å². The van der Waals surface area contributed by atoms with Crippen LogP contribution in [-0.2, 0) is 0 Å². The highest BCUT2D eigenvalue weighted by atomic mass is 35.5. The van der Waals surface area contributed by atoms with Crippen LogP contribution < -0.4 is 5.32 Å². The molecule has 0 spiro atoms. The third-order valence-corrected chi connectivity index (χ3v) is 3.41. The van der Waals surface area contributed by atoms with Crippen LogP contribution in [0.1, 0.15) is 10.5 Å². The van der Waals surface area contributed by atoms with Crippen molar-refractivity contribution in [2.75, 3.05) is 5.32 Å². The first-order valence-corrected chi connectivity index (χ1v) is 7.02. The van der Waals surface area contributed by atoms with Crippen LogP contribution in [0.3, 0.4) is 0 Å². The van der Waals surface area contributed by atoms with Crippen molar-refractivity contribution in [1.82, 2.24) is 10.2 Å². The Morgan fingerprint density at radius 3 is 2.78 bits per heavy atom. The highest BCUT2D eigenvalue weighted by molar-refractivity contribution is 6.31. The lowest BCUT2D eigenvalue weighted by Gasteiger charge is -2.04. The van der Waals surface area contributed by atoms with Crippen LogP contribution >= 0.6 is 11.6 Å². The SMILES string of the molecule is O=C(Nc1ccccc1F)c1cc(-c2cc(Cl)ccc2O)n[nH]1. The molecule has 1 aromatic heterocycles. The average Bonchev–Trinajstić information content (AvgIpc) is 3.02. The van der Waals surface area contributed by atoms with Crippen LogP contribution in [0.15, 0.2) is 48.5 Å². The molecule has 23 heavy (non-hydrogen) atoms.